The zero-order chi connectivity index (χ0) is 18.4. The molecule has 0 spiro atoms. The van der Waals surface area contributed by atoms with Crippen molar-refractivity contribution in [2.75, 3.05) is 12.4 Å². The lowest BCUT2D eigenvalue weighted by Crippen LogP contribution is -2.16. The lowest BCUT2D eigenvalue weighted by Gasteiger charge is -2.21. The third-order valence-corrected chi connectivity index (χ3v) is 4.72. The van der Waals surface area contributed by atoms with Crippen molar-refractivity contribution in [3.8, 4) is 5.75 Å². The van der Waals surface area contributed by atoms with E-state index in [1.54, 1.807) is 7.11 Å². The molecule has 0 aliphatic carbocycles. The van der Waals surface area contributed by atoms with Crippen molar-refractivity contribution in [2.24, 2.45) is 0 Å². The minimum atomic E-state index is -0.160. The van der Waals surface area contributed by atoms with Gasteiger partial charge >= 0.3 is 0 Å². The molecular formula is C22H20BrNO2. The average Bonchev–Trinajstić information content (AvgIpc) is 2.69. The first-order valence-electron chi connectivity index (χ1n) is 8.40. The van der Waals surface area contributed by atoms with Crippen LogP contribution in [0.2, 0.25) is 0 Å². The Morgan fingerprint density at radius 1 is 0.962 bits per heavy atom. The number of hydrogen-bond donors (Lipinski definition) is 1. The van der Waals surface area contributed by atoms with Crippen LogP contribution in [-0.4, -0.2) is 12.9 Å². The lowest BCUT2D eigenvalue weighted by molar-refractivity contribution is 0.0976. The molecule has 0 heterocycles. The van der Waals surface area contributed by atoms with Gasteiger partial charge in [0.25, 0.3) is 0 Å². The highest BCUT2D eigenvalue weighted by Gasteiger charge is 2.18. The van der Waals surface area contributed by atoms with E-state index >= 15 is 0 Å². The van der Waals surface area contributed by atoms with Gasteiger partial charge in [0.05, 0.1) is 18.8 Å². The van der Waals surface area contributed by atoms with Crippen molar-refractivity contribution in [3.63, 3.8) is 0 Å². The van der Waals surface area contributed by atoms with E-state index in [1.807, 2.05) is 78.9 Å². The number of benzene rings is 3. The predicted octanol–water partition coefficient (Wildman–Crippen LogP) is 5.88. The van der Waals surface area contributed by atoms with Crippen molar-refractivity contribution >= 4 is 27.4 Å². The molecule has 1 N–H and O–H groups in total. The zero-order valence-corrected chi connectivity index (χ0v) is 16.1. The number of nitrogens with one attached hydrogen (secondary N) is 1. The quantitative estimate of drug-likeness (QED) is 0.494. The monoisotopic (exact) mass is 409 g/mol. The van der Waals surface area contributed by atoms with E-state index in [0.717, 1.165) is 27.0 Å². The van der Waals surface area contributed by atoms with Gasteiger partial charge in [-0.1, -0.05) is 70.5 Å². The molecule has 132 valence electrons. The molecular weight excluding hydrogens is 390 g/mol. The standard InChI is InChI=1S/C22H20BrNO2/c1-26-22-10-6-5-9-19(22)24-20(16-11-13-18(23)14-12-16)15-21(25)17-7-3-2-4-8-17/h2-14,20,24H,15H2,1H3. The van der Waals surface area contributed by atoms with E-state index in [4.69, 9.17) is 4.74 Å². The van der Waals surface area contributed by atoms with Crippen LogP contribution in [0, 0.1) is 0 Å². The molecule has 0 amide bonds. The fourth-order valence-corrected chi connectivity index (χ4v) is 3.09. The summed E-state index contributed by atoms with van der Waals surface area (Å²) in [6.07, 6.45) is 0.351. The van der Waals surface area contributed by atoms with Crippen molar-refractivity contribution in [2.45, 2.75) is 12.5 Å². The van der Waals surface area contributed by atoms with Gasteiger partial charge in [0.2, 0.25) is 0 Å². The second-order valence-electron chi connectivity index (χ2n) is 5.94. The van der Waals surface area contributed by atoms with Gasteiger partial charge < -0.3 is 10.1 Å². The Morgan fingerprint density at radius 3 is 2.31 bits per heavy atom. The first kappa shape index (κ1) is 18.2. The number of anilines is 1. The van der Waals surface area contributed by atoms with Crippen LogP contribution in [0.25, 0.3) is 0 Å². The number of carbonyl (C=O) groups excluding carboxylic acids is 1. The summed E-state index contributed by atoms with van der Waals surface area (Å²) in [6.45, 7) is 0. The number of para-hydroxylation sites is 2. The van der Waals surface area contributed by atoms with Crippen molar-refractivity contribution in [1.82, 2.24) is 0 Å². The molecule has 26 heavy (non-hydrogen) atoms. The molecule has 3 aromatic rings. The van der Waals surface area contributed by atoms with Gasteiger partial charge in [-0.25, -0.2) is 0 Å². The van der Waals surface area contributed by atoms with Gasteiger partial charge in [0, 0.05) is 16.5 Å². The summed E-state index contributed by atoms with van der Waals surface area (Å²) in [7, 11) is 1.64. The number of methoxy groups -OCH3 is 1. The number of ketones is 1. The van der Waals surface area contributed by atoms with Gasteiger partial charge in [0.15, 0.2) is 5.78 Å². The van der Waals surface area contributed by atoms with E-state index in [0.29, 0.717) is 6.42 Å². The smallest absolute Gasteiger partial charge is 0.165 e. The van der Waals surface area contributed by atoms with Crippen LogP contribution in [0.3, 0.4) is 0 Å². The van der Waals surface area contributed by atoms with Crippen LogP contribution in [0.1, 0.15) is 28.4 Å². The lowest BCUT2D eigenvalue weighted by atomic mass is 9.97. The minimum Gasteiger partial charge on any atom is -0.495 e. The molecule has 0 saturated heterocycles. The maximum atomic E-state index is 12.8. The second kappa shape index (κ2) is 8.68. The highest BCUT2D eigenvalue weighted by atomic mass is 79.9. The Kier molecular flexibility index (Phi) is 6.08. The van der Waals surface area contributed by atoms with Crippen LogP contribution in [0.5, 0.6) is 5.75 Å². The predicted molar refractivity (Wildman–Crippen MR) is 109 cm³/mol. The maximum absolute atomic E-state index is 12.8. The van der Waals surface area contributed by atoms with Crippen LogP contribution < -0.4 is 10.1 Å². The summed E-state index contributed by atoms with van der Waals surface area (Å²) in [5.41, 5.74) is 2.63. The fraction of sp³-hybridized carbons (Fsp3) is 0.136. The molecule has 3 rings (SSSR count). The molecule has 0 aliphatic heterocycles. The third-order valence-electron chi connectivity index (χ3n) is 4.19. The highest BCUT2D eigenvalue weighted by Crippen LogP contribution is 2.30. The first-order valence-corrected chi connectivity index (χ1v) is 9.20. The minimum absolute atomic E-state index is 0.0981. The molecule has 0 fully saturated rings. The van der Waals surface area contributed by atoms with Crippen LogP contribution in [-0.2, 0) is 0 Å². The van der Waals surface area contributed by atoms with E-state index in [9.17, 15) is 4.79 Å². The summed E-state index contributed by atoms with van der Waals surface area (Å²) in [6, 6.07) is 25.0. The van der Waals surface area contributed by atoms with E-state index in [2.05, 4.69) is 21.2 Å². The molecule has 4 heteroatoms. The maximum Gasteiger partial charge on any atom is 0.165 e. The molecule has 3 aromatic carbocycles. The van der Waals surface area contributed by atoms with Gasteiger partial charge in [-0.15, -0.1) is 0 Å². The number of Topliss-reactive ketones (excluding diaryl/α,β-unsaturated/α-hetero) is 1. The van der Waals surface area contributed by atoms with Crippen molar-refractivity contribution in [1.29, 1.82) is 0 Å². The van der Waals surface area contributed by atoms with Gasteiger partial charge in [0.1, 0.15) is 5.75 Å². The third kappa shape index (κ3) is 4.52. The Balaban J connectivity index is 1.89. The van der Waals surface area contributed by atoms with E-state index < -0.39 is 0 Å². The Bertz CT molecular complexity index is 863. The number of ether oxygens (including phenoxy) is 1. The van der Waals surface area contributed by atoms with Gasteiger partial charge in [-0.05, 0) is 29.8 Å². The number of hydrogen-bond acceptors (Lipinski definition) is 3. The van der Waals surface area contributed by atoms with Gasteiger partial charge in [-0.2, -0.15) is 0 Å². The van der Waals surface area contributed by atoms with E-state index in [1.165, 1.54) is 0 Å². The molecule has 1 unspecified atom stereocenters. The molecule has 0 bridgehead atoms. The molecule has 3 nitrogen and oxygen atoms in total. The van der Waals surface area contributed by atoms with Crippen LogP contribution in [0.4, 0.5) is 5.69 Å². The Labute approximate surface area is 162 Å². The Hall–Kier alpha value is -2.59. The van der Waals surface area contributed by atoms with Crippen molar-refractivity contribution < 1.29 is 9.53 Å². The summed E-state index contributed by atoms with van der Waals surface area (Å²) in [5.74, 6) is 0.850. The van der Waals surface area contributed by atoms with Crippen LogP contribution >= 0.6 is 15.9 Å². The highest BCUT2D eigenvalue weighted by molar-refractivity contribution is 9.10. The molecule has 0 aromatic heterocycles. The topological polar surface area (TPSA) is 38.3 Å². The molecule has 0 saturated carbocycles. The first-order chi connectivity index (χ1) is 12.7. The molecule has 0 aliphatic rings. The van der Waals surface area contributed by atoms with Gasteiger partial charge in [-0.3, -0.25) is 4.79 Å². The number of rotatable bonds is 7. The summed E-state index contributed by atoms with van der Waals surface area (Å²) >= 11 is 3.46. The SMILES string of the molecule is COc1ccccc1NC(CC(=O)c1ccccc1)c1ccc(Br)cc1. The Morgan fingerprint density at radius 2 is 1.62 bits per heavy atom. The second-order valence-corrected chi connectivity index (χ2v) is 6.86. The molecule has 0 radical (unpaired) electrons. The summed E-state index contributed by atoms with van der Waals surface area (Å²) in [4.78, 5) is 12.8. The van der Waals surface area contributed by atoms with Crippen molar-refractivity contribution in [3.05, 3.63) is 94.5 Å². The van der Waals surface area contributed by atoms with E-state index in [-0.39, 0.29) is 11.8 Å². The van der Waals surface area contributed by atoms with Crippen LogP contribution in [0.15, 0.2) is 83.3 Å². The summed E-state index contributed by atoms with van der Waals surface area (Å²) in [5, 5.41) is 3.47. The number of carbonyl (C=O) groups is 1. The fourth-order valence-electron chi connectivity index (χ4n) is 2.83. The average molecular weight is 410 g/mol. The number of halogens is 1. The largest absolute Gasteiger partial charge is 0.495 e. The summed E-state index contributed by atoms with van der Waals surface area (Å²) < 4.78 is 6.44. The normalized spacial score (nSPS) is 11.6. The zero-order valence-electron chi connectivity index (χ0n) is 14.5. The molecule has 1 atom stereocenters.